The number of anilines is 2. The van der Waals surface area contributed by atoms with Crippen molar-refractivity contribution in [2.24, 2.45) is 0 Å². The maximum Gasteiger partial charge on any atom is 0.239 e. The van der Waals surface area contributed by atoms with Crippen molar-refractivity contribution in [1.82, 2.24) is 5.32 Å². The summed E-state index contributed by atoms with van der Waals surface area (Å²) in [6.07, 6.45) is 3.38. The highest BCUT2D eigenvalue weighted by Crippen LogP contribution is 2.25. The predicted molar refractivity (Wildman–Crippen MR) is 90.5 cm³/mol. The number of carbonyl (C=O) groups excluding carboxylic acids is 1. The summed E-state index contributed by atoms with van der Waals surface area (Å²) in [6.45, 7) is 6.53. The Hall–Kier alpha value is -1.75. The first-order valence-electron chi connectivity index (χ1n) is 8.23. The highest BCUT2D eigenvalue weighted by atomic mass is 16.5. The fourth-order valence-corrected chi connectivity index (χ4v) is 2.54. The van der Waals surface area contributed by atoms with Crippen LogP contribution in [0.4, 0.5) is 11.4 Å². The van der Waals surface area contributed by atoms with E-state index >= 15 is 0 Å². The molecule has 1 aromatic carbocycles. The van der Waals surface area contributed by atoms with Gasteiger partial charge in [-0.2, -0.15) is 0 Å². The minimum atomic E-state index is 0.0490. The zero-order valence-corrected chi connectivity index (χ0v) is 13.4. The maximum atomic E-state index is 11.9. The Bertz CT molecular complexity index is 459. The Morgan fingerprint density at radius 2 is 2.00 bits per heavy atom. The van der Waals surface area contributed by atoms with Gasteiger partial charge in [0.25, 0.3) is 0 Å². The number of hydrogen-bond acceptors (Lipinski definition) is 4. The first kappa shape index (κ1) is 16.6. The van der Waals surface area contributed by atoms with Crippen LogP contribution in [0.25, 0.3) is 0 Å². The molecule has 0 bridgehead atoms. The maximum absolute atomic E-state index is 11.9. The molecule has 1 aliphatic rings. The van der Waals surface area contributed by atoms with Gasteiger partial charge in [-0.15, -0.1) is 0 Å². The molecular formula is C17H27N3O2. The van der Waals surface area contributed by atoms with Gasteiger partial charge in [-0.3, -0.25) is 4.79 Å². The summed E-state index contributed by atoms with van der Waals surface area (Å²) in [7, 11) is 0. The van der Waals surface area contributed by atoms with Crippen molar-refractivity contribution < 1.29 is 9.53 Å². The van der Waals surface area contributed by atoms with Crippen molar-refractivity contribution in [2.75, 3.05) is 49.6 Å². The number of carbonyl (C=O) groups is 1. The average molecular weight is 305 g/mol. The molecule has 2 N–H and O–H groups in total. The van der Waals surface area contributed by atoms with Crippen LogP contribution in [0.1, 0.15) is 26.2 Å². The quantitative estimate of drug-likeness (QED) is 0.723. The third kappa shape index (κ3) is 5.22. The van der Waals surface area contributed by atoms with Crippen molar-refractivity contribution in [1.29, 1.82) is 0 Å². The fourth-order valence-electron chi connectivity index (χ4n) is 2.54. The van der Waals surface area contributed by atoms with Crippen molar-refractivity contribution in [3.63, 3.8) is 0 Å². The molecule has 1 aromatic rings. The number of nitrogens with one attached hydrogen (secondary N) is 2. The van der Waals surface area contributed by atoms with E-state index in [0.717, 1.165) is 57.1 Å². The molecule has 0 radical (unpaired) electrons. The molecule has 5 heteroatoms. The molecule has 1 fully saturated rings. The average Bonchev–Trinajstić information content (AvgIpc) is 2.58. The van der Waals surface area contributed by atoms with Gasteiger partial charge in [0.05, 0.1) is 31.1 Å². The smallest absolute Gasteiger partial charge is 0.239 e. The molecule has 1 saturated heterocycles. The summed E-state index contributed by atoms with van der Waals surface area (Å²) in [4.78, 5) is 14.2. The Morgan fingerprint density at radius 1 is 1.23 bits per heavy atom. The van der Waals surface area contributed by atoms with E-state index in [4.69, 9.17) is 4.74 Å². The molecule has 1 amide bonds. The minimum Gasteiger partial charge on any atom is -0.378 e. The first-order valence-corrected chi connectivity index (χ1v) is 8.23. The van der Waals surface area contributed by atoms with E-state index in [1.165, 1.54) is 6.42 Å². The second-order valence-corrected chi connectivity index (χ2v) is 5.53. The number of rotatable bonds is 8. The van der Waals surface area contributed by atoms with Crippen LogP contribution in [-0.2, 0) is 9.53 Å². The third-order valence-corrected chi connectivity index (χ3v) is 3.80. The number of nitrogens with zero attached hydrogens (tertiary/aromatic N) is 1. The van der Waals surface area contributed by atoms with Gasteiger partial charge in [0.1, 0.15) is 0 Å². The van der Waals surface area contributed by atoms with E-state index in [-0.39, 0.29) is 5.91 Å². The summed E-state index contributed by atoms with van der Waals surface area (Å²) < 4.78 is 5.40. The zero-order chi connectivity index (χ0) is 15.6. The number of amides is 1. The Balaban J connectivity index is 1.83. The highest BCUT2D eigenvalue weighted by molar-refractivity contribution is 5.82. The minimum absolute atomic E-state index is 0.0490. The molecule has 0 atom stereocenters. The number of morpholine rings is 1. The van der Waals surface area contributed by atoms with Crippen LogP contribution in [-0.4, -0.2) is 45.3 Å². The van der Waals surface area contributed by atoms with Crippen LogP contribution >= 0.6 is 0 Å². The largest absolute Gasteiger partial charge is 0.378 e. The van der Waals surface area contributed by atoms with Crippen LogP contribution < -0.4 is 15.5 Å². The fraction of sp³-hybridized carbons (Fsp3) is 0.588. The number of benzene rings is 1. The molecule has 22 heavy (non-hydrogen) atoms. The Morgan fingerprint density at radius 3 is 2.77 bits per heavy atom. The van der Waals surface area contributed by atoms with Crippen LogP contribution in [0, 0.1) is 0 Å². The molecule has 0 spiro atoms. The summed E-state index contributed by atoms with van der Waals surface area (Å²) >= 11 is 0. The molecule has 0 unspecified atom stereocenters. The van der Waals surface area contributed by atoms with E-state index in [1.807, 2.05) is 18.2 Å². The molecular weight excluding hydrogens is 278 g/mol. The van der Waals surface area contributed by atoms with Gasteiger partial charge in [-0.1, -0.05) is 31.9 Å². The molecule has 2 rings (SSSR count). The molecule has 1 aliphatic heterocycles. The first-order chi connectivity index (χ1) is 10.8. The normalized spacial score (nSPS) is 14.7. The van der Waals surface area contributed by atoms with Crippen molar-refractivity contribution in [3.05, 3.63) is 24.3 Å². The Labute approximate surface area is 133 Å². The molecule has 0 saturated carbocycles. The van der Waals surface area contributed by atoms with E-state index in [2.05, 4.69) is 28.5 Å². The van der Waals surface area contributed by atoms with E-state index in [1.54, 1.807) is 0 Å². The summed E-state index contributed by atoms with van der Waals surface area (Å²) in [6, 6.07) is 8.13. The van der Waals surface area contributed by atoms with Gasteiger partial charge in [-0.25, -0.2) is 0 Å². The van der Waals surface area contributed by atoms with E-state index < -0.39 is 0 Å². The summed E-state index contributed by atoms with van der Waals surface area (Å²) in [5, 5.41) is 6.21. The van der Waals surface area contributed by atoms with Gasteiger partial charge >= 0.3 is 0 Å². The van der Waals surface area contributed by atoms with Crippen molar-refractivity contribution in [2.45, 2.75) is 26.2 Å². The lowest BCUT2D eigenvalue weighted by Crippen LogP contribution is -2.37. The second kappa shape index (κ2) is 9.30. The van der Waals surface area contributed by atoms with Gasteiger partial charge in [0.15, 0.2) is 0 Å². The van der Waals surface area contributed by atoms with Gasteiger partial charge < -0.3 is 20.3 Å². The van der Waals surface area contributed by atoms with Crippen molar-refractivity contribution in [3.8, 4) is 0 Å². The van der Waals surface area contributed by atoms with Crippen LogP contribution in [0.15, 0.2) is 24.3 Å². The molecule has 1 heterocycles. The SMILES string of the molecule is CCCCCNC(=O)CNc1ccccc1N1CCOCC1. The lowest BCUT2D eigenvalue weighted by molar-refractivity contribution is -0.119. The molecule has 5 nitrogen and oxygen atoms in total. The Kier molecular flexibility index (Phi) is 7.03. The molecule has 0 aromatic heterocycles. The van der Waals surface area contributed by atoms with Crippen LogP contribution in [0.5, 0.6) is 0 Å². The zero-order valence-electron chi connectivity index (χ0n) is 13.4. The molecule has 0 aliphatic carbocycles. The second-order valence-electron chi connectivity index (χ2n) is 5.53. The van der Waals surface area contributed by atoms with Gasteiger partial charge in [0, 0.05) is 19.6 Å². The number of hydrogen-bond donors (Lipinski definition) is 2. The topological polar surface area (TPSA) is 53.6 Å². The number of unbranched alkanes of at least 4 members (excludes halogenated alkanes) is 2. The van der Waals surface area contributed by atoms with Crippen molar-refractivity contribution >= 4 is 17.3 Å². The van der Waals surface area contributed by atoms with Gasteiger partial charge in [-0.05, 0) is 18.6 Å². The lowest BCUT2D eigenvalue weighted by atomic mass is 10.2. The summed E-state index contributed by atoms with van der Waals surface area (Å²) in [5.41, 5.74) is 2.15. The monoisotopic (exact) mass is 305 g/mol. The summed E-state index contributed by atoms with van der Waals surface area (Å²) in [5.74, 6) is 0.0490. The predicted octanol–water partition coefficient (Wildman–Crippen LogP) is 2.24. The number of para-hydroxylation sites is 2. The van der Waals surface area contributed by atoms with E-state index in [9.17, 15) is 4.79 Å². The van der Waals surface area contributed by atoms with Gasteiger partial charge in [0.2, 0.25) is 5.91 Å². The number of ether oxygens (including phenoxy) is 1. The van der Waals surface area contributed by atoms with Crippen LogP contribution in [0.3, 0.4) is 0 Å². The molecule has 122 valence electrons. The van der Waals surface area contributed by atoms with Crippen LogP contribution in [0.2, 0.25) is 0 Å². The standard InChI is InChI=1S/C17H27N3O2/c1-2-3-6-9-18-17(21)14-19-15-7-4-5-8-16(15)20-10-12-22-13-11-20/h4-5,7-8,19H,2-3,6,9-14H2,1H3,(H,18,21). The van der Waals surface area contributed by atoms with E-state index in [0.29, 0.717) is 6.54 Å². The lowest BCUT2D eigenvalue weighted by Gasteiger charge is -2.30. The highest BCUT2D eigenvalue weighted by Gasteiger charge is 2.14. The third-order valence-electron chi connectivity index (χ3n) is 3.80.